The lowest BCUT2D eigenvalue weighted by atomic mass is 10.2. The van der Waals surface area contributed by atoms with Crippen LogP contribution in [0.15, 0.2) is 52.0 Å². The van der Waals surface area contributed by atoms with Gasteiger partial charge < -0.3 is 5.11 Å². The first-order valence-electron chi connectivity index (χ1n) is 5.64. The molecule has 0 atom stereocenters. The van der Waals surface area contributed by atoms with Gasteiger partial charge in [0, 0.05) is 11.1 Å². The molecule has 0 aliphatic rings. The van der Waals surface area contributed by atoms with Crippen LogP contribution in [0, 0.1) is 5.82 Å². The van der Waals surface area contributed by atoms with E-state index in [1.54, 1.807) is 18.2 Å². The van der Waals surface area contributed by atoms with Gasteiger partial charge in [0.05, 0.1) is 10.7 Å². The highest BCUT2D eigenvalue weighted by atomic mass is 79.9. The lowest BCUT2D eigenvalue weighted by molar-refractivity contribution is 0.0954. The Labute approximate surface area is 123 Å². The summed E-state index contributed by atoms with van der Waals surface area (Å²) in [5.41, 5.74) is 2.87. The SMILES string of the molecule is O=C(NN=Cc1cccc(Br)c1O)c1cccc(F)c1. The molecule has 0 saturated carbocycles. The number of nitrogens with one attached hydrogen (secondary N) is 1. The Morgan fingerprint density at radius 1 is 1.30 bits per heavy atom. The van der Waals surface area contributed by atoms with Gasteiger partial charge in [-0.05, 0) is 46.3 Å². The quantitative estimate of drug-likeness (QED) is 0.668. The number of rotatable bonds is 3. The van der Waals surface area contributed by atoms with Crippen molar-refractivity contribution in [1.82, 2.24) is 5.43 Å². The van der Waals surface area contributed by atoms with Crippen LogP contribution in [0.5, 0.6) is 5.75 Å². The van der Waals surface area contributed by atoms with Crippen LogP contribution in [0.1, 0.15) is 15.9 Å². The Hall–Kier alpha value is -2.21. The van der Waals surface area contributed by atoms with Gasteiger partial charge in [-0.15, -0.1) is 0 Å². The lowest BCUT2D eigenvalue weighted by Gasteiger charge is -2.01. The van der Waals surface area contributed by atoms with Gasteiger partial charge in [-0.2, -0.15) is 5.10 Å². The van der Waals surface area contributed by atoms with Crippen LogP contribution in [0.25, 0.3) is 0 Å². The van der Waals surface area contributed by atoms with Gasteiger partial charge in [0.2, 0.25) is 0 Å². The van der Waals surface area contributed by atoms with E-state index in [0.717, 1.165) is 6.07 Å². The fourth-order valence-electron chi connectivity index (χ4n) is 1.49. The van der Waals surface area contributed by atoms with E-state index in [4.69, 9.17) is 0 Å². The predicted molar refractivity (Wildman–Crippen MR) is 77.3 cm³/mol. The lowest BCUT2D eigenvalue weighted by Crippen LogP contribution is -2.17. The zero-order chi connectivity index (χ0) is 14.5. The summed E-state index contributed by atoms with van der Waals surface area (Å²) in [6, 6.07) is 10.3. The molecule has 0 saturated heterocycles. The van der Waals surface area contributed by atoms with E-state index in [9.17, 15) is 14.3 Å². The van der Waals surface area contributed by atoms with Crippen molar-refractivity contribution in [2.24, 2.45) is 5.10 Å². The number of carbonyl (C=O) groups is 1. The first kappa shape index (κ1) is 14.2. The van der Waals surface area contributed by atoms with Crippen molar-refractivity contribution in [1.29, 1.82) is 0 Å². The molecule has 0 aliphatic carbocycles. The number of nitrogens with zero attached hydrogens (tertiary/aromatic N) is 1. The van der Waals surface area contributed by atoms with Gasteiger partial charge in [-0.1, -0.05) is 12.1 Å². The van der Waals surface area contributed by atoms with Crippen LogP contribution in [-0.4, -0.2) is 17.2 Å². The number of hydrogen-bond acceptors (Lipinski definition) is 3. The smallest absolute Gasteiger partial charge is 0.271 e. The molecule has 0 fully saturated rings. The van der Waals surface area contributed by atoms with E-state index in [-0.39, 0.29) is 11.3 Å². The Morgan fingerprint density at radius 3 is 2.80 bits per heavy atom. The molecule has 0 radical (unpaired) electrons. The topological polar surface area (TPSA) is 61.7 Å². The van der Waals surface area contributed by atoms with Crippen LogP contribution in [0.2, 0.25) is 0 Å². The number of phenols is 1. The fraction of sp³-hybridized carbons (Fsp3) is 0. The highest BCUT2D eigenvalue weighted by molar-refractivity contribution is 9.10. The molecule has 2 aromatic rings. The summed E-state index contributed by atoms with van der Waals surface area (Å²) in [5.74, 6) is -1.00. The number of benzene rings is 2. The zero-order valence-electron chi connectivity index (χ0n) is 10.2. The maximum atomic E-state index is 13.0. The first-order valence-corrected chi connectivity index (χ1v) is 6.43. The molecule has 0 aromatic heterocycles. The van der Waals surface area contributed by atoms with Crippen molar-refractivity contribution in [3.05, 3.63) is 63.9 Å². The third-order valence-electron chi connectivity index (χ3n) is 2.47. The first-order chi connectivity index (χ1) is 9.58. The molecular weight excluding hydrogens is 327 g/mol. The highest BCUT2D eigenvalue weighted by Gasteiger charge is 2.05. The molecule has 0 unspecified atom stereocenters. The molecule has 4 nitrogen and oxygen atoms in total. The summed E-state index contributed by atoms with van der Waals surface area (Å²) in [5, 5.41) is 13.4. The standard InChI is InChI=1S/C14H10BrFN2O2/c15-12-6-2-4-10(13(12)19)8-17-18-14(20)9-3-1-5-11(16)7-9/h1-8,19H,(H,18,20). The van der Waals surface area contributed by atoms with Gasteiger partial charge in [0.15, 0.2) is 0 Å². The summed E-state index contributed by atoms with van der Waals surface area (Å²) in [7, 11) is 0. The fourth-order valence-corrected chi connectivity index (χ4v) is 1.87. The third kappa shape index (κ3) is 3.42. The Bertz CT molecular complexity index is 674. The van der Waals surface area contributed by atoms with Crippen LogP contribution in [0.4, 0.5) is 4.39 Å². The maximum Gasteiger partial charge on any atom is 0.271 e. The zero-order valence-corrected chi connectivity index (χ0v) is 11.8. The minimum atomic E-state index is -0.532. The van der Waals surface area contributed by atoms with Gasteiger partial charge in [0.25, 0.3) is 5.91 Å². The number of halogens is 2. The van der Waals surface area contributed by atoms with Crippen LogP contribution in [0.3, 0.4) is 0 Å². The number of hydrogen-bond donors (Lipinski definition) is 2. The van der Waals surface area contributed by atoms with E-state index in [0.29, 0.717) is 10.0 Å². The van der Waals surface area contributed by atoms with E-state index < -0.39 is 11.7 Å². The molecule has 20 heavy (non-hydrogen) atoms. The monoisotopic (exact) mass is 336 g/mol. The van der Waals surface area contributed by atoms with Crippen molar-refractivity contribution in [2.45, 2.75) is 0 Å². The van der Waals surface area contributed by atoms with Crippen molar-refractivity contribution in [3.63, 3.8) is 0 Å². The molecule has 1 amide bonds. The van der Waals surface area contributed by atoms with Crippen molar-refractivity contribution in [2.75, 3.05) is 0 Å². The summed E-state index contributed by atoms with van der Waals surface area (Å²) < 4.78 is 13.5. The van der Waals surface area contributed by atoms with Crippen molar-refractivity contribution in [3.8, 4) is 5.75 Å². The van der Waals surface area contributed by atoms with Gasteiger partial charge in [-0.3, -0.25) is 4.79 Å². The Kier molecular flexibility index (Phi) is 4.47. The van der Waals surface area contributed by atoms with Crippen molar-refractivity contribution < 1.29 is 14.3 Å². The van der Waals surface area contributed by atoms with Gasteiger partial charge >= 0.3 is 0 Å². The maximum absolute atomic E-state index is 13.0. The largest absolute Gasteiger partial charge is 0.506 e. The van der Waals surface area contributed by atoms with E-state index in [2.05, 4.69) is 26.5 Å². The second kappa shape index (κ2) is 6.29. The average Bonchev–Trinajstić information content (AvgIpc) is 2.43. The predicted octanol–water partition coefficient (Wildman–Crippen LogP) is 3.06. The second-order valence-electron chi connectivity index (χ2n) is 3.89. The third-order valence-corrected chi connectivity index (χ3v) is 3.11. The molecule has 2 rings (SSSR count). The van der Waals surface area contributed by atoms with Crippen LogP contribution in [-0.2, 0) is 0 Å². The minimum Gasteiger partial charge on any atom is -0.506 e. The highest BCUT2D eigenvalue weighted by Crippen LogP contribution is 2.25. The molecular formula is C14H10BrFN2O2. The number of hydrazone groups is 1. The van der Waals surface area contributed by atoms with Gasteiger partial charge in [-0.25, -0.2) is 9.82 Å². The minimum absolute atomic E-state index is 0.0243. The molecule has 0 aliphatic heterocycles. The molecule has 2 aromatic carbocycles. The number of carbonyl (C=O) groups excluding carboxylic acids is 1. The Balaban J connectivity index is 2.07. The molecule has 102 valence electrons. The van der Waals surface area contributed by atoms with E-state index in [1.807, 2.05) is 0 Å². The number of para-hydroxylation sites is 1. The van der Waals surface area contributed by atoms with Gasteiger partial charge in [0.1, 0.15) is 11.6 Å². The van der Waals surface area contributed by atoms with E-state index in [1.165, 1.54) is 24.4 Å². The Morgan fingerprint density at radius 2 is 2.05 bits per heavy atom. The second-order valence-corrected chi connectivity index (χ2v) is 4.74. The average molecular weight is 337 g/mol. The van der Waals surface area contributed by atoms with E-state index >= 15 is 0 Å². The van der Waals surface area contributed by atoms with Crippen LogP contribution < -0.4 is 5.43 Å². The summed E-state index contributed by atoms with van der Waals surface area (Å²) in [6.45, 7) is 0. The number of aromatic hydroxyl groups is 1. The normalized spacial score (nSPS) is 10.7. The summed E-state index contributed by atoms with van der Waals surface area (Å²) in [6.07, 6.45) is 1.30. The molecule has 0 bridgehead atoms. The van der Waals surface area contributed by atoms with Crippen LogP contribution >= 0.6 is 15.9 Å². The number of amides is 1. The molecule has 0 spiro atoms. The molecule has 0 heterocycles. The van der Waals surface area contributed by atoms with Crippen molar-refractivity contribution >= 4 is 28.1 Å². The summed E-state index contributed by atoms with van der Waals surface area (Å²) >= 11 is 3.17. The molecule has 6 heteroatoms. The summed E-state index contributed by atoms with van der Waals surface area (Å²) in [4.78, 5) is 11.7. The molecule has 2 N–H and O–H groups in total. The number of phenolic OH excluding ortho intramolecular Hbond substituents is 1.